The summed E-state index contributed by atoms with van der Waals surface area (Å²) < 4.78 is 1.95. The van der Waals surface area contributed by atoms with Gasteiger partial charge in [-0.25, -0.2) is 4.98 Å². The van der Waals surface area contributed by atoms with Crippen molar-refractivity contribution in [2.24, 2.45) is 0 Å². The van der Waals surface area contributed by atoms with Crippen LogP contribution in [-0.2, 0) is 9.59 Å². The molecule has 2 rings (SSSR count). The van der Waals surface area contributed by atoms with Crippen LogP contribution >= 0.6 is 0 Å². The molecule has 1 aromatic rings. The molecule has 0 bridgehead atoms. The highest BCUT2D eigenvalue weighted by atomic mass is 16.2. The van der Waals surface area contributed by atoms with E-state index >= 15 is 0 Å². The maximum Gasteiger partial charge on any atom is 0.254 e. The summed E-state index contributed by atoms with van der Waals surface area (Å²) >= 11 is 0. The maximum absolute atomic E-state index is 11.4. The van der Waals surface area contributed by atoms with E-state index in [4.69, 9.17) is 0 Å². The van der Waals surface area contributed by atoms with Crippen LogP contribution in [-0.4, -0.2) is 21.4 Å². The van der Waals surface area contributed by atoms with E-state index in [1.165, 1.54) is 0 Å². The molecule has 1 aliphatic rings. The summed E-state index contributed by atoms with van der Waals surface area (Å²) in [6.45, 7) is 4.06. The van der Waals surface area contributed by atoms with E-state index in [1.54, 1.807) is 18.6 Å². The zero-order valence-electron chi connectivity index (χ0n) is 9.23. The lowest BCUT2D eigenvalue weighted by atomic mass is 10.2. The van der Waals surface area contributed by atoms with Crippen LogP contribution in [0.1, 0.15) is 32.0 Å². The molecule has 1 fully saturated rings. The fourth-order valence-electron chi connectivity index (χ4n) is 1.66. The Hall–Kier alpha value is -1.91. The minimum Gasteiger partial charge on any atom is -0.329 e. The van der Waals surface area contributed by atoms with E-state index in [0.717, 1.165) is 5.69 Å². The van der Waals surface area contributed by atoms with Gasteiger partial charge in [-0.2, -0.15) is 0 Å². The number of nitrogens with one attached hydrogen (secondary N) is 1. The Labute approximate surface area is 93.2 Å². The van der Waals surface area contributed by atoms with Crippen molar-refractivity contribution in [3.8, 4) is 0 Å². The Bertz CT molecular complexity index is 471. The summed E-state index contributed by atoms with van der Waals surface area (Å²) in [6.07, 6.45) is 5.27. The van der Waals surface area contributed by atoms with Gasteiger partial charge in [0.25, 0.3) is 5.91 Å². The van der Waals surface area contributed by atoms with Gasteiger partial charge in [-0.15, -0.1) is 0 Å². The Morgan fingerprint density at radius 1 is 1.50 bits per heavy atom. The van der Waals surface area contributed by atoms with Crippen molar-refractivity contribution in [3.05, 3.63) is 23.8 Å². The Morgan fingerprint density at radius 2 is 2.25 bits per heavy atom. The summed E-state index contributed by atoms with van der Waals surface area (Å²) in [7, 11) is 0. The Kier molecular flexibility index (Phi) is 2.60. The Balaban J connectivity index is 2.32. The monoisotopic (exact) mass is 219 g/mol. The molecule has 0 atom stereocenters. The predicted octanol–water partition coefficient (Wildman–Crippen LogP) is 0.894. The zero-order chi connectivity index (χ0) is 11.7. The molecule has 1 N–H and O–H groups in total. The van der Waals surface area contributed by atoms with Crippen LogP contribution in [0.25, 0.3) is 6.08 Å². The van der Waals surface area contributed by atoms with Gasteiger partial charge in [0.15, 0.2) is 0 Å². The first-order valence-corrected chi connectivity index (χ1v) is 5.14. The lowest BCUT2D eigenvalue weighted by Crippen LogP contribution is -2.19. The topological polar surface area (TPSA) is 64.0 Å². The number of hydrogen-bond donors (Lipinski definition) is 1. The summed E-state index contributed by atoms with van der Waals surface area (Å²) in [5.41, 5.74) is 1.34. The first-order chi connectivity index (χ1) is 7.58. The lowest BCUT2D eigenvalue weighted by molar-refractivity contribution is -0.124. The number of hydrogen-bond acceptors (Lipinski definition) is 3. The van der Waals surface area contributed by atoms with E-state index in [2.05, 4.69) is 10.3 Å². The number of rotatable bonds is 2. The van der Waals surface area contributed by atoms with E-state index in [-0.39, 0.29) is 24.3 Å². The summed E-state index contributed by atoms with van der Waals surface area (Å²) in [6, 6.07) is 0.273. The second-order valence-electron chi connectivity index (χ2n) is 4.04. The normalized spacial score (nSPS) is 18.6. The van der Waals surface area contributed by atoms with Gasteiger partial charge in [0.1, 0.15) is 0 Å². The maximum atomic E-state index is 11.4. The minimum absolute atomic E-state index is 0.155. The van der Waals surface area contributed by atoms with Crippen LogP contribution in [0.3, 0.4) is 0 Å². The molecule has 0 spiro atoms. The van der Waals surface area contributed by atoms with E-state index in [1.807, 2.05) is 18.4 Å². The van der Waals surface area contributed by atoms with Crippen LogP contribution in [0.4, 0.5) is 0 Å². The summed E-state index contributed by atoms with van der Waals surface area (Å²) in [4.78, 5) is 26.4. The quantitative estimate of drug-likeness (QED) is 0.593. The van der Waals surface area contributed by atoms with Gasteiger partial charge in [-0.3, -0.25) is 14.9 Å². The van der Waals surface area contributed by atoms with Gasteiger partial charge in [0.2, 0.25) is 5.91 Å². The minimum atomic E-state index is -0.304. The molecule has 5 nitrogen and oxygen atoms in total. The van der Waals surface area contributed by atoms with E-state index in [0.29, 0.717) is 5.57 Å². The fraction of sp³-hybridized carbons (Fsp3) is 0.364. The van der Waals surface area contributed by atoms with Crippen LogP contribution in [0.5, 0.6) is 0 Å². The second kappa shape index (κ2) is 3.92. The lowest BCUT2D eigenvalue weighted by Gasteiger charge is -2.08. The number of carbonyl (C=O) groups is 2. The fourth-order valence-corrected chi connectivity index (χ4v) is 1.66. The van der Waals surface area contributed by atoms with Crippen LogP contribution in [0.2, 0.25) is 0 Å². The smallest absolute Gasteiger partial charge is 0.254 e. The molecule has 2 amide bonds. The van der Waals surface area contributed by atoms with Gasteiger partial charge in [-0.05, 0) is 19.9 Å². The van der Waals surface area contributed by atoms with Gasteiger partial charge in [0.05, 0.1) is 24.6 Å². The highest BCUT2D eigenvalue weighted by Crippen LogP contribution is 2.16. The van der Waals surface area contributed by atoms with Crippen molar-refractivity contribution in [2.75, 3.05) is 0 Å². The number of nitrogens with zero attached hydrogens (tertiary/aromatic N) is 2. The SMILES string of the molecule is CC(C)n1cncc1C=C1CC(=O)NC1=O. The number of aromatic nitrogens is 2. The molecule has 84 valence electrons. The molecular formula is C11H13N3O2. The highest BCUT2D eigenvalue weighted by Gasteiger charge is 2.24. The summed E-state index contributed by atoms with van der Waals surface area (Å²) in [5.74, 6) is -0.548. The van der Waals surface area contributed by atoms with Crippen molar-refractivity contribution >= 4 is 17.9 Å². The molecule has 16 heavy (non-hydrogen) atoms. The zero-order valence-corrected chi connectivity index (χ0v) is 9.23. The molecule has 2 heterocycles. The average Bonchev–Trinajstić information content (AvgIpc) is 2.75. The van der Waals surface area contributed by atoms with Crippen LogP contribution in [0.15, 0.2) is 18.1 Å². The predicted molar refractivity (Wildman–Crippen MR) is 58.4 cm³/mol. The molecule has 1 aliphatic heterocycles. The summed E-state index contributed by atoms with van der Waals surface area (Å²) in [5, 5.41) is 2.25. The number of imidazole rings is 1. The van der Waals surface area contributed by atoms with Gasteiger partial charge >= 0.3 is 0 Å². The molecule has 1 aromatic heterocycles. The molecule has 0 saturated carbocycles. The van der Waals surface area contributed by atoms with Crippen molar-refractivity contribution in [1.82, 2.24) is 14.9 Å². The third-order valence-corrected chi connectivity index (χ3v) is 2.47. The first kappa shape index (κ1) is 10.6. The third-order valence-electron chi connectivity index (χ3n) is 2.47. The standard InChI is InChI=1S/C11H13N3O2/c1-7(2)14-6-12-5-9(14)3-8-4-10(15)13-11(8)16/h3,5-7H,4H2,1-2H3,(H,13,15,16). The van der Waals surface area contributed by atoms with Crippen molar-refractivity contribution in [2.45, 2.75) is 26.3 Å². The number of amides is 2. The van der Waals surface area contributed by atoms with Gasteiger partial charge < -0.3 is 4.57 Å². The number of carbonyl (C=O) groups excluding carboxylic acids is 2. The largest absolute Gasteiger partial charge is 0.329 e. The van der Waals surface area contributed by atoms with Crippen molar-refractivity contribution in [3.63, 3.8) is 0 Å². The van der Waals surface area contributed by atoms with Crippen molar-refractivity contribution < 1.29 is 9.59 Å². The van der Waals surface area contributed by atoms with E-state index in [9.17, 15) is 9.59 Å². The molecule has 0 unspecified atom stereocenters. The second-order valence-corrected chi connectivity index (χ2v) is 4.04. The van der Waals surface area contributed by atoms with E-state index < -0.39 is 0 Å². The number of imide groups is 1. The molecule has 5 heteroatoms. The molecule has 0 radical (unpaired) electrons. The van der Waals surface area contributed by atoms with Gasteiger partial charge in [0, 0.05) is 11.6 Å². The molecule has 0 aliphatic carbocycles. The average molecular weight is 219 g/mol. The van der Waals surface area contributed by atoms with Crippen molar-refractivity contribution in [1.29, 1.82) is 0 Å². The first-order valence-electron chi connectivity index (χ1n) is 5.14. The third kappa shape index (κ3) is 1.88. The van der Waals surface area contributed by atoms with Crippen LogP contribution < -0.4 is 5.32 Å². The highest BCUT2D eigenvalue weighted by molar-refractivity contribution is 6.15. The Morgan fingerprint density at radius 3 is 2.81 bits per heavy atom. The van der Waals surface area contributed by atoms with Crippen LogP contribution in [0, 0.1) is 0 Å². The molecule has 0 aromatic carbocycles. The van der Waals surface area contributed by atoms with Gasteiger partial charge in [-0.1, -0.05) is 0 Å². The molecular weight excluding hydrogens is 206 g/mol. The molecule has 1 saturated heterocycles.